The zero-order valence-corrected chi connectivity index (χ0v) is 17.7. The number of hydrogen-bond donors (Lipinski definition) is 2. The summed E-state index contributed by atoms with van der Waals surface area (Å²) in [7, 11) is 3.91. The second kappa shape index (κ2) is 7.95. The number of fused-ring (bicyclic) bond motifs is 1. The molecule has 5 nitrogen and oxygen atoms in total. The molecule has 0 fully saturated rings. The van der Waals surface area contributed by atoms with Crippen LogP contribution in [0.25, 0.3) is 27.7 Å². The summed E-state index contributed by atoms with van der Waals surface area (Å²) in [6, 6.07) is 14.9. The third-order valence-electron chi connectivity index (χ3n) is 5.38. The van der Waals surface area contributed by atoms with Gasteiger partial charge in [-0.3, -0.25) is 0 Å². The van der Waals surface area contributed by atoms with Gasteiger partial charge < -0.3 is 15.2 Å². The Balaban J connectivity index is 1.63. The maximum Gasteiger partial charge on any atom is 0.0645 e. The SMILES string of the molecule is C=C(Nc1c[nH]c2ccc(-c3cnn(-c4ccc(CC)cc4)c3)cc12)C(=C)N(C)C. The van der Waals surface area contributed by atoms with E-state index in [1.807, 2.05) is 36.1 Å². The van der Waals surface area contributed by atoms with Crippen LogP contribution in [0.2, 0.25) is 0 Å². The van der Waals surface area contributed by atoms with Crippen LogP contribution in [0, 0.1) is 0 Å². The lowest BCUT2D eigenvalue weighted by atomic mass is 10.1. The highest BCUT2D eigenvalue weighted by atomic mass is 15.3. The number of nitrogens with one attached hydrogen (secondary N) is 2. The van der Waals surface area contributed by atoms with Crippen LogP contribution in [0.5, 0.6) is 0 Å². The van der Waals surface area contributed by atoms with Gasteiger partial charge in [-0.15, -0.1) is 0 Å². The van der Waals surface area contributed by atoms with E-state index in [0.717, 1.165) is 51.2 Å². The van der Waals surface area contributed by atoms with Crippen LogP contribution in [-0.2, 0) is 6.42 Å². The molecule has 0 atom stereocenters. The van der Waals surface area contributed by atoms with Crippen LogP contribution in [-0.4, -0.2) is 33.8 Å². The van der Waals surface area contributed by atoms with Crippen molar-refractivity contribution in [1.29, 1.82) is 0 Å². The highest BCUT2D eigenvalue weighted by molar-refractivity contribution is 5.96. The number of anilines is 1. The van der Waals surface area contributed by atoms with Gasteiger partial charge in [0.1, 0.15) is 0 Å². The Morgan fingerprint density at radius 1 is 1.10 bits per heavy atom. The minimum absolute atomic E-state index is 0.773. The Morgan fingerprint density at radius 2 is 1.87 bits per heavy atom. The molecule has 152 valence electrons. The van der Waals surface area contributed by atoms with E-state index in [4.69, 9.17) is 0 Å². The molecular formula is C25H27N5. The first kappa shape index (κ1) is 19.6. The summed E-state index contributed by atoms with van der Waals surface area (Å²) in [6.07, 6.45) is 6.96. The lowest BCUT2D eigenvalue weighted by Crippen LogP contribution is -2.15. The maximum atomic E-state index is 4.56. The van der Waals surface area contributed by atoms with Crippen molar-refractivity contribution in [2.45, 2.75) is 13.3 Å². The number of H-pyrrole nitrogens is 1. The second-order valence-corrected chi connectivity index (χ2v) is 7.60. The molecule has 0 saturated carbocycles. The van der Waals surface area contributed by atoms with Crippen LogP contribution in [0.3, 0.4) is 0 Å². The Bertz CT molecular complexity index is 1210. The first-order valence-corrected chi connectivity index (χ1v) is 10.0. The number of aromatic nitrogens is 3. The zero-order chi connectivity index (χ0) is 21.3. The fourth-order valence-corrected chi connectivity index (χ4v) is 3.41. The minimum Gasteiger partial charge on any atom is -0.376 e. The van der Waals surface area contributed by atoms with E-state index in [-0.39, 0.29) is 0 Å². The van der Waals surface area contributed by atoms with Gasteiger partial charge in [-0.25, -0.2) is 4.68 Å². The quantitative estimate of drug-likeness (QED) is 0.400. The van der Waals surface area contributed by atoms with Gasteiger partial charge in [0.15, 0.2) is 0 Å². The van der Waals surface area contributed by atoms with Crippen molar-refractivity contribution in [3.8, 4) is 16.8 Å². The largest absolute Gasteiger partial charge is 0.376 e. The van der Waals surface area contributed by atoms with Gasteiger partial charge in [0.05, 0.1) is 29.0 Å². The Hall–Kier alpha value is -3.73. The van der Waals surface area contributed by atoms with Crippen molar-refractivity contribution in [2.75, 3.05) is 19.4 Å². The molecular weight excluding hydrogens is 370 g/mol. The Labute approximate surface area is 177 Å². The fraction of sp³-hybridized carbons (Fsp3) is 0.160. The molecule has 0 spiro atoms. The summed E-state index contributed by atoms with van der Waals surface area (Å²) >= 11 is 0. The molecule has 0 radical (unpaired) electrons. The van der Waals surface area contributed by atoms with Crippen molar-refractivity contribution in [3.05, 3.63) is 91.2 Å². The van der Waals surface area contributed by atoms with E-state index >= 15 is 0 Å². The van der Waals surface area contributed by atoms with Crippen molar-refractivity contribution >= 4 is 16.6 Å². The van der Waals surface area contributed by atoms with Crippen molar-refractivity contribution < 1.29 is 0 Å². The zero-order valence-electron chi connectivity index (χ0n) is 17.7. The molecule has 0 aliphatic carbocycles. The van der Waals surface area contributed by atoms with Crippen LogP contribution in [0.4, 0.5) is 5.69 Å². The molecule has 0 saturated heterocycles. The third-order valence-corrected chi connectivity index (χ3v) is 5.38. The van der Waals surface area contributed by atoms with E-state index in [9.17, 15) is 0 Å². The lowest BCUT2D eigenvalue weighted by Gasteiger charge is -2.18. The molecule has 0 aliphatic rings. The molecule has 4 aromatic rings. The number of aryl methyl sites for hydroxylation is 1. The molecule has 5 heteroatoms. The van der Waals surface area contributed by atoms with Gasteiger partial charge in [0.25, 0.3) is 0 Å². The van der Waals surface area contributed by atoms with Gasteiger partial charge in [0.2, 0.25) is 0 Å². The molecule has 0 unspecified atom stereocenters. The standard InChI is InChI=1S/C25H27N5/c1-6-19-7-10-22(11-8-19)30-16-21(14-27-30)20-9-12-24-23(13-20)25(15-26-24)28-17(2)18(3)29(4)5/h7-16,26,28H,2-3,6H2,1,4-5H3. The molecule has 2 aromatic heterocycles. The normalized spacial score (nSPS) is 10.9. The average Bonchev–Trinajstić information content (AvgIpc) is 3.40. The molecule has 0 bridgehead atoms. The third kappa shape index (κ3) is 3.74. The molecule has 2 N–H and O–H groups in total. The van der Waals surface area contributed by atoms with Crippen molar-refractivity contribution in [3.63, 3.8) is 0 Å². The number of aromatic amines is 1. The van der Waals surface area contributed by atoms with E-state index in [1.165, 1.54) is 5.56 Å². The van der Waals surface area contributed by atoms with Crippen molar-refractivity contribution in [1.82, 2.24) is 19.7 Å². The van der Waals surface area contributed by atoms with E-state index in [0.29, 0.717) is 0 Å². The summed E-state index contributed by atoms with van der Waals surface area (Å²) in [5, 5.41) is 9.04. The van der Waals surface area contributed by atoms with E-state index < -0.39 is 0 Å². The topological polar surface area (TPSA) is 48.9 Å². The van der Waals surface area contributed by atoms with Gasteiger partial charge in [-0.2, -0.15) is 5.10 Å². The predicted octanol–water partition coefficient (Wildman–Crippen LogP) is 5.58. The van der Waals surface area contributed by atoms with E-state index in [1.54, 1.807) is 0 Å². The fourth-order valence-electron chi connectivity index (χ4n) is 3.41. The predicted molar refractivity (Wildman–Crippen MR) is 126 cm³/mol. The van der Waals surface area contributed by atoms with Crippen LogP contribution in [0.15, 0.2) is 85.6 Å². The second-order valence-electron chi connectivity index (χ2n) is 7.60. The molecule has 0 aliphatic heterocycles. The summed E-state index contributed by atoms with van der Waals surface area (Å²) in [5.41, 5.74) is 8.21. The van der Waals surface area contributed by atoms with Gasteiger partial charge in [0, 0.05) is 43.0 Å². The first-order chi connectivity index (χ1) is 14.5. The molecule has 2 aromatic carbocycles. The first-order valence-electron chi connectivity index (χ1n) is 10.0. The number of rotatable bonds is 7. The van der Waals surface area contributed by atoms with Gasteiger partial charge in [-0.05, 0) is 41.8 Å². The Morgan fingerprint density at radius 3 is 2.57 bits per heavy atom. The smallest absolute Gasteiger partial charge is 0.0645 e. The molecule has 30 heavy (non-hydrogen) atoms. The summed E-state index contributed by atoms with van der Waals surface area (Å²) in [4.78, 5) is 5.26. The van der Waals surface area contributed by atoms with Crippen LogP contribution in [0.1, 0.15) is 12.5 Å². The number of likely N-dealkylation sites (N-methyl/N-ethyl adjacent to an activating group) is 1. The average molecular weight is 398 g/mol. The summed E-state index contributed by atoms with van der Waals surface area (Å²) < 4.78 is 1.91. The highest BCUT2D eigenvalue weighted by Gasteiger charge is 2.10. The van der Waals surface area contributed by atoms with E-state index in [2.05, 4.69) is 84.1 Å². The maximum absolute atomic E-state index is 4.56. The molecule has 0 amide bonds. The van der Waals surface area contributed by atoms with Gasteiger partial charge >= 0.3 is 0 Å². The van der Waals surface area contributed by atoms with Gasteiger partial charge in [-0.1, -0.05) is 38.3 Å². The van der Waals surface area contributed by atoms with Crippen molar-refractivity contribution in [2.24, 2.45) is 0 Å². The van der Waals surface area contributed by atoms with Crippen LogP contribution < -0.4 is 5.32 Å². The summed E-state index contributed by atoms with van der Waals surface area (Å²) in [6.45, 7) is 10.3. The summed E-state index contributed by atoms with van der Waals surface area (Å²) in [5.74, 6) is 0. The number of nitrogens with zero attached hydrogens (tertiary/aromatic N) is 3. The Kier molecular flexibility index (Phi) is 5.19. The molecule has 4 rings (SSSR count). The highest BCUT2D eigenvalue weighted by Crippen LogP contribution is 2.30. The minimum atomic E-state index is 0.773. The number of hydrogen-bond acceptors (Lipinski definition) is 3. The molecule has 2 heterocycles. The number of benzene rings is 2. The monoisotopic (exact) mass is 397 g/mol. The lowest BCUT2D eigenvalue weighted by molar-refractivity contribution is 0.525. The van der Waals surface area contributed by atoms with Crippen LogP contribution >= 0.6 is 0 Å².